The van der Waals surface area contributed by atoms with Crippen LogP contribution in [0.3, 0.4) is 0 Å². The Morgan fingerprint density at radius 1 is 0.724 bits per heavy atom. The maximum Gasteiger partial charge on any atom is 0.0165 e. The number of hydrogen-bond acceptors (Lipinski definition) is 0. The third kappa shape index (κ3) is 1.81. The fourth-order valence-electron chi connectivity index (χ4n) is 6.19. The van der Waals surface area contributed by atoms with Crippen LogP contribution in [0.5, 0.6) is 0 Å². The molecule has 4 aromatic carbocycles. The molecule has 0 heterocycles. The topological polar surface area (TPSA) is 0 Å². The molecule has 7 rings (SSSR count). The zero-order valence-electron chi connectivity index (χ0n) is 16.8. The molecule has 0 unspecified atom stereocenters. The summed E-state index contributed by atoms with van der Waals surface area (Å²) in [7, 11) is 0. The largest absolute Gasteiger partial charge is 0.0795 e. The molecule has 29 heavy (non-hydrogen) atoms. The highest BCUT2D eigenvalue weighted by Gasteiger charge is 2.37. The average molecular weight is 370 g/mol. The van der Waals surface area contributed by atoms with E-state index in [2.05, 4.69) is 86.7 Å². The Balaban J connectivity index is 1.74. The quantitative estimate of drug-likeness (QED) is 0.302. The van der Waals surface area contributed by atoms with Crippen LogP contribution < -0.4 is 0 Å². The van der Waals surface area contributed by atoms with E-state index in [0.29, 0.717) is 0 Å². The number of fused-ring (bicyclic) bond motifs is 3. The zero-order chi connectivity index (χ0) is 19.3. The Morgan fingerprint density at radius 2 is 1.55 bits per heavy atom. The van der Waals surface area contributed by atoms with E-state index in [-0.39, 0.29) is 5.41 Å². The lowest BCUT2D eigenvalue weighted by molar-refractivity contribution is 0.644. The molecule has 0 nitrogen and oxygen atoms in total. The maximum atomic E-state index is 2.46. The molecule has 0 N–H and O–H groups in total. The smallest absolute Gasteiger partial charge is 0.0165 e. The third-order valence-electron chi connectivity index (χ3n) is 7.42. The van der Waals surface area contributed by atoms with Crippen molar-refractivity contribution in [3.8, 4) is 11.1 Å². The first-order valence-electron chi connectivity index (χ1n) is 10.7. The van der Waals surface area contributed by atoms with Crippen LogP contribution >= 0.6 is 0 Å². The monoisotopic (exact) mass is 370 g/mol. The van der Waals surface area contributed by atoms with E-state index < -0.39 is 0 Å². The first-order chi connectivity index (χ1) is 14.1. The molecule has 0 amide bonds. The standard InChI is InChI=1S/C29H22/c1-29(2)24-15-13-19-8-3-7-18-12-14-21(27(24)26(18)19)23-16-20-10-4-6-17-9-5-11-22(25(17)20)28(23)29/h3-6,8,10-16H,7,9H2,1-2H3. The van der Waals surface area contributed by atoms with Gasteiger partial charge in [0.05, 0.1) is 0 Å². The molecule has 0 spiro atoms. The molecule has 138 valence electrons. The highest BCUT2D eigenvalue weighted by molar-refractivity contribution is 6.11. The molecule has 0 heteroatoms. The summed E-state index contributed by atoms with van der Waals surface area (Å²) in [4.78, 5) is 0. The average Bonchev–Trinajstić information content (AvgIpc) is 2.74. The van der Waals surface area contributed by atoms with Crippen molar-refractivity contribution in [3.63, 3.8) is 0 Å². The van der Waals surface area contributed by atoms with Gasteiger partial charge in [-0.1, -0.05) is 80.6 Å². The van der Waals surface area contributed by atoms with E-state index in [4.69, 9.17) is 0 Å². The van der Waals surface area contributed by atoms with Crippen LogP contribution in [0.1, 0.15) is 47.2 Å². The summed E-state index contributed by atoms with van der Waals surface area (Å²) in [6.07, 6.45) is 11.4. The maximum absolute atomic E-state index is 2.46. The van der Waals surface area contributed by atoms with Crippen LogP contribution in [0.25, 0.3) is 44.8 Å². The van der Waals surface area contributed by atoms with Crippen molar-refractivity contribution < 1.29 is 0 Å². The van der Waals surface area contributed by atoms with E-state index in [1.54, 1.807) is 0 Å². The van der Waals surface area contributed by atoms with E-state index >= 15 is 0 Å². The van der Waals surface area contributed by atoms with Crippen LogP contribution in [0.15, 0.2) is 60.7 Å². The van der Waals surface area contributed by atoms with Gasteiger partial charge in [0.15, 0.2) is 0 Å². The van der Waals surface area contributed by atoms with Gasteiger partial charge in [-0.2, -0.15) is 0 Å². The Hall–Kier alpha value is -3.12. The van der Waals surface area contributed by atoms with Crippen molar-refractivity contribution >= 4 is 33.7 Å². The van der Waals surface area contributed by atoms with Gasteiger partial charge in [0.25, 0.3) is 0 Å². The van der Waals surface area contributed by atoms with E-state index in [0.717, 1.165) is 12.8 Å². The fraction of sp³-hybridized carbons (Fsp3) is 0.172. The van der Waals surface area contributed by atoms with Gasteiger partial charge in [0.2, 0.25) is 0 Å². The second-order valence-corrected chi connectivity index (χ2v) is 9.29. The van der Waals surface area contributed by atoms with Crippen LogP contribution in [-0.4, -0.2) is 0 Å². The molecule has 0 saturated heterocycles. The summed E-state index contributed by atoms with van der Waals surface area (Å²) < 4.78 is 0. The number of benzene rings is 4. The van der Waals surface area contributed by atoms with Crippen molar-refractivity contribution in [1.29, 1.82) is 0 Å². The SMILES string of the molecule is CC1(C)c2c(cc3cccc4c3c2C=CC4)-c2ccc3c4c(ccc1c24)C=CC3. The molecule has 3 aliphatic rings. The van der Waals surface area contributed by atoms with Gasteiger partial charge in [-0.25, -0.2) is 0 Å². The number of rotatable bonds is 0. The predicted molar refractivity (Wildman–Crippen MR) is 124 cm³/mol. The minimum absolute atomic E-state index is 0.0288. The fourth-order valence-corrected chi connectivity index (χ4v) is 6.19. The van der Waals surface area contributed by atoms with Crippen molar-refractivity contribution in [1.82, 2.24) is 0 Å². The van der Waals surface area contributed by atoms with Gasteiger partial charge in [-0.15, -0.1) is 0 Å². The molecule has 0 aromatic heterocycles. The highest BCUT2D eigenvalue weighted by Crippen LogP contribution is 2.53. The predicted octanol–water partition coefficient (Wildman–Crippen LogP) is 7.44. The highest BCUT2D eigenvalue weighted by atomic mass is 14.4. The first kappa shape index (κ1) is 15.8. The van der Waals surface area contributed by atoms with Crippen molar-refractivity contribution in [2.75, 3.05) is 0 Å². The normalized spacial score (nSPS) is 17.0. The van der Waals surface area contributed by atoms with E-state index in [1.807, 2.05) is 0 Å². The number of allylic oxidation sites excluding steroid dienone is 2. The summed E-state index contributed by atoms with van der Waals surface area (Å²) in [6, 6.07) is 18.7. The molecule has 4 aromatic rings. The zero-order valence-corrected chi connectivity index (χ0v) is 16.8. The summed E-state index contributed by atoms with van der Waals surface area (Å²) in [5.74, 6) is 0. The molecule has 0 aliphatic heterocycles. The molecular formula is C29H22. The van der Waals surface area contributed by atoms with Gasteiger partial charge in [-0.3, -0.25) is 0 Å². The van der Waals surface area contributed by atoms with Crippen molar-refractivity contribution in [2.45, 2.75) is 32.1 Å². The minimum atomic E-state index is -0.0288. The lowest BCUT2D eigenvalue weighted by Gasteiger charge is -2.38. The molecular weight excluding hydrogens is 348 g/mol. The molecule has 0 fully saturated rings. The Labute approximate surface area is 171 Å². The molecule has 3 aliphatic carbocycles. The second kappa shape index (κ2) is 5.07. The summed E-state index contributed by atoms with van der Waals surface area (Å²) in [5.41, 5.74) is 11.5. The van der Waals surface area contributed by atoms with Gasteiger partial charge in [-0.05, 0) is 85.0 Å². The molecule has 0 atom stereocenters. The van der Waals surface area contributed by atoms with Crippen LogP contribution in [0, 0.1) is 0 Å². The minimum Gasteiger partial charge on any atom is -0.0795 e. The lowest BCUT2D eigenvalue weighted by Crippen LogP contribution is -2.26. The number of hydrogen-bond donors (Lipinski definition) is 0. The van der Waals surface area contributed by atoms with E-state index in [1.165, 1.54) is 66.1 Å². The van der Waals surface area contributed by atoms with Crippen molar-refractivity contribution in [3.05, 3.63) is 94.1 Å². The summed E-state index contributed by atoms with van der Waals surface area (Å²) >= 11 is 0. The Kier molecular flexibility index (Phi) is 2.76. The van der Waals surface area contributed by atoms with Crippen LogP contribution in [0.2, 0.25) is 0 Å². The summed E-state index contributed by atoms with van der Waals surface area (Å²) in [5, 5.41) is 5.78. The molecule has 0 radical (unpaired) electrons. The van der Waals surface area contributed by atoms with E-state index in [9.17, 15) is 0 Å². The van der Waals surface area contributed by atoms with Crippen molar-refractivity contribution in [2.24, 2.45) is 0 Å². The van der Waals surface area contributed by atoms with Crippen LogP contribution in [0.4, 0.5) is 0 Å². The van der Waals surface area contributed by atoms with Gasteiger partial charge in [0.1, 0.15) is 0 Å². The Morgan fingerprint density at radius 3 is 2.45 bits per heavy atom. The van der Waals surface area contributed by atoms with Gasteiger partial charge < -0.3 is 0 Å². The van der Waals surface area contributed by atoms with Gasteiger partial charge in [0, 0.05) is 5.41 Å². The second-order valence-electron chi connectivity index (χ2n) is 9.29. The van der Waals surface area contributed by atoms with Gasteiger partial charge >= 0.3 is 0 Å². The molecule has 0 bridgehead atoms. The summed E-state index contributed by atoms with van der Waals surface area (Å²) in [6.45, 7) is 4.84. The van der Waals surface area contributed by atoms with Crippen LogP contribution in [-0.2, 0) is 18.3 Å². The Bertz CT molecular complexity index is 1460. The third-order valence-corrected chi connectivity index (χ3v) is 7.42. The molecule has 0 saturated carbocycles. The first-order valence-corrected chi connectivity index (χ1v) is 10.7. The lowest BCUT2D eigenvalue weighted by atomic mass is 9.64.